The number of hydrogen-bond donors (Lipinski definition) is 1. The SMILES string of the molecule is Cc1ccc(S(=O)(=O)N2CC(C(=O)O)=CCC2c2ccc(C(C)C)cc2)cc1. The van der Waals surface area contributed by atoms with Crippen LogP contribution in [-0.4, -0.2) is 30.3 Å². The summed E-state index contributed by atoms with van der Waals surface area (Å²) in [6.45, 7) is 5.95. The molecule has 1 atom stereocenters. The molecule has 2 aromatic carbocycles. The molecule has 5 nitrogen and oxygen atoms in total. The van der Waals surface area contributed by atoms with Gasteiger partial charge in [-0.25, -0.2) is 13.2 Å². The van der Waals surface area contributed by atoms with Crippen molar-refractivity contribution in [2.24, 2.45) is 0 Å². The van der Waals surface area contributed by atoms with Gasteiger partial charge in [-0.2, -0.15) is 4.31 Å². The van der Waals surface area contributed by atoms with Crippen molar-refractivity contribution < 1.29 is 18.3 Å². The number of aryl methyl sites for hydroxylation is 1. The molecule has 1 aliphatic rings. The van der Waals surface area contributed by atoms with E-state index < -0.39 is 22.0 Å². The number of nitrogens with zero attached hydrogens (tertiary/aromatic N) is 1. The molecule has 0 aromatic heterocycles. The summed E-state index contributed by atoms with van der Waals surface area (Å²) in [4.78, 5) is 11.7. The third kappa shape index (κ3) is 4.03. The van der Waals surface area contributed by atoms with E-state index in [1.807, 2.05) is 31.2 Å². The summed E-state index contributed by atoms with van der Waals surface area (Å²) in [7, 11) is -3.84. The van der Waals surface area contributed by atoms with Gasteiger partial charge in [-0.1, -0.05) is 61.9 Å². The van der Waals surface area contributed by atoms with E-state index in [-0.39, 0.29) is 17.0 Å². The maximum atomic E-state index is 13.3. The third-order valence-electron chi connectivity index (χ3n) is 5.15. The molecule has 0 saturated carbocycles. The smallest absolute Gasteiger partial charge is 0.332 e. The van der Waals surface area contributed by atoms with Crippen LogP contribution >= 0.6 is 0 Å². The van der Waals surface area contributed by atoms with E-state index >= 15 is 0 Å². The molecule has 1 aliphatic heterocycles. The van der Waals surface area contributed by atoms with Crippen molar-refractivity contribution in [3.63, 3.8) is 0 Å². The first kappa shape index (κ1) is 20.3. The number of sulfonamides is 1. The molecule has 1 unspecified atom stereocenters. The van der Waals surface area contributed by atoms with Crippen molar-refractivity contribution in [2.45, 2.75) is 44.0 Å². The van der Waals surface area contributed by atoms with Gasteiger partial charge in [0.05, 0.1) is 10.9 Å². The van der Waals surface area contributed by atoms with Crippen LogP contribution in [0.5, 0.6) is 0 Å². The molecule has 0 radical (unpaired) electrons. The van der Waals surface area contributed by atoms with Gasteiger partial charge in [0.1, 0.15) is 0 Å². The molecule has 1 N–H and O–H groups in total. The number of rotatable bonds is 5. The molecule has 0 amide bonds. The summed E-state index contributed by atoms with van der Waals surface area (Å²) in [5, 5.41) is 9.39. The molecule has 28 heavy (non-hydrogen) atoms. The Morgan fingerprint density at radius 2 is 1.68 bits per heavy atom. The molecule has 2 aromatic rings. The van der Waals surface area contributed by atoms with E-state index in [0.717, 1.165) is 11.1 Å². The lowest BCUT2D eigenvalue weighted by atomic mass is 9.95. The first-order valence-corrected chi connectivity index (χ1v) is 10.7. The minimum Gasteiger partial charge on any atom is -0.478 e. The molecule has 3 rings (SSSR count). The standard InChI is InChI=1S/C22H25NO4S/c1-15(2)17-6-8-18(9-7-17)21-13-10-19(22(24)25)14-23(21)28(26,27)20-11-4-16(3)5-12-20/h4-12,15,21H,13-14H2,1-3H3,(H,24,25). The largest absolute Gasteiger partial charge is 0.478 e. The van der Waals surface area contributed by atoms with Crippen LogP contribution in [0, 0.1) is 6.92 Å². The highest BCUT2D eigenvalue weighted by atomic mass is 32.2. The predicted molar refractivity (Wildman–Crippen MR) is 109 cm³/mol. The van der Waals surface area contributed by atoms with Gasteiger partial charge in [-0.05, 0) is 42.5 Å². The minimum absolute atomic E-state index is 0.103. The number of carbonyl (C=O) groups is 1. The Kier molecular flexibility index (Phi) is 5.72. The maximum Gasteiger partial charge on any atom is 0.332 e. The lowest BCUT2D eigenvalue weighted by molar-refractivity contribution is -0.133. The highest BCUT2D eigenvalue weighted by Gasteiger charge is 2.36. The van der Waals surface area contributed by atoms with Crippen LogP contribution in [0.2, 0.25) is 0 Å². The van der Waals surface area contributed by atoms with Gasteiger partial charge in [-0.3, -0.25) is 0 Å². The zero-order valence-corrected chi connectivity index (χ0v) is 17.1. The van der Waals surface area contributed by atoms with Gasteiger partial charge in [-0.15, -0.1) is 0 Å². The minimum atomic E-state index is -3.84. The molecule has 0 fully saturated rings. The van der Waals surface area contributed by atoms with E-state index in [1.54, 1.807) is 30.3 Å². The van der Waals surface area contributed by atoms with E-state index in [9.17, 15) is 18.3 Å². The number of carboxylic acid groups (broad SMARTS) is 1. The Balaban J connectivity index is 2.03. The Hall–Kier alpha value is -2.44. The average molecular weight is 400 g/mol. The Morgan fingerprint density at radius 3 is 2.21 bits per heavy atom. The quantitative estimate of drug-likeness (QED) is 0.815. The van der Waals surface area contributed by atoms with Crippen LogP contribution in [0.3, 0.4) is 0 Å². The van der Waals surface area contributed by atoms with Crippen LogP contribution in [-0.2, 0) is 14.8 Å². The number of benzene rings is 2. The monoisotopic (exact) mass is 399 g/mol. The summed E-state index contributed by atoms with van der Waals surface area (Å²) in [6.07, 6.45) is 1.96. The maximum absolute atomic E-state index is 13.3. The van der Waals surface area contributed by atoms with Crippen molar-refractivity contribution >= 4 is 16.0 Å². The van der Waals surface area contributed by atoms with E-state index in [4.69, 9.17) is 0 Å². The van der Waals surface area contributed by atoms with E-state index in [1.165, 1.54) is 9.87 Å². The lowest BCUT2D eigenvalue weighted by Gasteiger charge is -2.34. The summed E-state index contributed by atoms with van der Waals surface area (Å²) in [5.74, 6) is -0.705. The number of carboxylic acids is 1. The number of hydrogen-bond acceptors (Lipinski definition) is 3. The second-order valence-corrected chi connectivity index (χ2v) is 9.36. The Bertz CT molecular complexity index is 990. The van der Waals surface area contributed by atoms with Crippen LogP contribution in [0.4, 0.5) is 0 Å². The lowest BCUT2D eigenvalue weighted by Crippen LogP contribution is -2.39. The summed E-state index contributed by atoms with van der Waals surface area (Å²) < 4.78 is 28.0. The molecule has 0 spiro atoms. The molecule has 148 valence electrons. The van der Waals surface area contributed by atoms with E-state index in [0.29, 0.717) is 12.3 Å². The first-order valence-electron chi connectivity index (χ1n) is 9.31. The highest BCUT2D eigenvalue weighted by molar-refractivity contribution is 7.89. The van der Waals surface area contributed by atoms with Gasteiger partial charge in [0.2, 0.25) is 10.0 Å². The van der Waals surface area contributed by atoms with Crippen molar-refractivity contribution in [1.82, 2.24) is 4.31 Å². The van der Waals surface area contributed by atoms with E-state index in [2.05, 4.69) is 13.8 Å². The van der Waals surface area contributed by atoms with Gasteiger partial charge in [0.25, 0.3) is 0 Å². The van der Waals surface area contributed by atoms with Gasteiger partial charge in [0.15, 0.2) is 0 Å². The van der Waals surface area contributed by atoms with Crippen molar-refractivity contribution in [2.75, 3.05) is 6.54 Å². The molecular weight excluding hydrogens is 374 g/mol. The Labute approximate surface area is 166 Å². The fraction of sp³-hybridized carbons (Fsp3) is 0.318. The van der Waals surface area contributed by atoms with Gasteiger partial charge >= 0.3 is 5.97 Å². The second-order valence-electron chi connectivity index (χ2n) is 7.47. The zero-order valence-electron chi connectivity index (χ0n) is 16.3. The van der Waals surface area contributed by atoms with Gasteiger partial charge < -0.3 is 5.11 Å². The third-order valence-corrected chi connectivity index (χ3v) is 7.02. The fourth-order valence-corrected chi connectivity index (χ4v) is 4.98. The van der Waals surface area contributed by atoms with Crippen molar-refractivity contribution in [3.05, 3.63) is 76.9 Å². The summed E-state index contributed by atoms with van der Waals surface area (Å²) in [6, 6.07) is 14.1. The number of aliphatic carboxylic acids is 1. The average Bonchev–Trinajstić information content (AvgIpc) is 2.68. The summed E-state index contributed by atoms with van der Waals surface area (Å²) in [5.41, 5.74) is 3.10. The van der Waals surface area contributed by atoms with Crippen molar-refractivity contribution in [3.8, 4) is 0 Å². The first-order chi connectivity index (χ1) is 13.2. The molecule has 6 heteroatoms. The van der Waals surface area contributed by atoms with Crippen LogP contribution < -0.4 is 0 Å². The topological polar surface area (TPSA) is 74.7 Å². The zero-order chi connectivity index (χ0) is 20.5. The molecule has 0 saturated heterocycles. The Morgan fingerprint density at radius 1 is 1.07 bits per heavy atom. The van der Waals surface area contributed by atoms with Gasteiger partial charge in [0, 0.05) is 12.1 Å². The molecule has 0 aliphatic carbocycles. The van der Waals surface area contributed by atoms with Crippen LogP contribution in [0.15, 0.2) is 65.1 Å². The normalized spacial score (nSPS) is 18.1. The fourth-order valence-electron chi connectivity index (χ4n) is 3.37. The van der Waals surface area contributed by atoms with Crippen molar-refractivity contribution in [1.29, 1.82) is 0 Å². The molecule has 0 bridgehead atoms. The predicted octanol–water partition coefficient (Wildman–Crippen LogP) is 4.27. The highest BCUT2D eigenvalue weighted by Crippen LogP contribution is 2.35. The van der Waals surface area contributed by atoms with Crippen LogP contribution in [0.25, 0.3) is 0 Å². The summed E-state index contributed by atoms with van der Waals surface area (Å²) >= 11 is 0. The molecule has 1 heterocycles. The van der Waals surface area contributed by atoms with Crippen LogP contribution in [0.1, 0.15) is 48.9 Å². The second kappa shape index (κ2) is 7.89. The molecular formula is C22H25NO4S.